The molecule has 3 atom stereocenters. The molecule has 4 aliphatic rings. The zero-order valence-electron chi connectivity index (χ0n) is 39.0. The van der Waals surface area contributed by atoms with Crippen LogP contribution >= 0.6 is 11.8 Å². The Balaban J connectivity index is 0.948. The fourth-order valence-electron chi connectivity index (χ4n) is 10.4. The van der Waals surface area contributed by atoms with Gasteiger partial charge in [-0.25, -0.2) is 15.0 Å². The van der Waals surface area contributed by atoms with Gasteiger partial charge >= 0.3 is 0 Å². The molecule has 7 heteroatoms. The summed E-state index contributed by atoms with van der Waals surface area (Å²) >= 11 is 1.93. The van der Waals surface area contributed by atoms with E-state index in [1.54, 1.807) is 0 Å². The lowest BCUT2D eigenvalue weighted by atomic mass is 9.67. The molecule has 334 valence electrons. The smallest absolute Gasteiger partial charge is 0.164 e. The first kappa shape index (κ1) is 42.4. The number of nitrogens with zero attached hydrogens (tertiary/aromatic N) is 6. The summed E-state index contributed by atoms with van der Waals surface area (Å²) in [4.78, 5) is 24.1. The van der Waals surface area contributed by atoms with Crippen LogP contribution in [0.3, 0.4) is 0 Å². The van der Waals surface area contributed by atoms with Crippen molar-refractivity contribution in [1.29, 1.82) is 0 Å². The summed E-state index contributed by atoms with van der Waals surface area (Å²) in [5.74, 6) is 2.02. The monoisotopic (exact) mass is 910 g/mol. The summed E-state index contributed by atoms with van der Waals surface area (Å²) in [6, 6.07) is 60.7. The highest BCUT2D eigenvalue weighted by Gasteiger charge is 2.43. The summed E-state index contributed by atoms with van der Waals surface area (Å²) in [5, 5.41) is 0.321. The maximum Gasteiger partial charge on any atom is 0.164 e. The minimum Gasteiger partial charge on any atom is -0.332 e. The van der Waals surface area contributed by atoms with Gasteiger partial charge in [0, 0.05) is 61.4 Å². The highest BCUT2D eigenvalue weighted by atomic mass is 32.2. The van der Waals surface area contributed by atoms with Gasteiger partial charge in [0.15, 0.2) is 17.5 Å². The Bertz CT molecular complexity index is 3390. The van der Waals surface area contributed by atoms with Crippen molar-refractivity contribution in [3.05, 3.63) is 241 Å². The van der Waals surface area contributed by atoms with Crippen LogP contribution in [0, 0.1) is 19.8 Å². The normalized spacial score (nSPS) is 18.2. The predicted molar refractivity (Wildman–Crippen MR) is 286 cm³/mol. The molecule has 69 heavy (non-hydrogen) atoms. The summed E-state index contributed by atoms with van der Waals surface area (Å²) in [6.07, 6.45) is 15.4. The third-order valence-electron chi connectivity index (χ3n) is 14.0. The zero-order chi connectivity index (χ0) is 46.6. The number of fused-ring (bicyclic) bond motifs is 4. The Kier molecular flexibility index (Phi) is 10.6. The average Bonchev–Trinajstić information content (AvgIpc) is 3.39. The van der Waals surface area contributed by atoms with Crippen molar-refractivity contribution in [2.75, 3.05) is 14.7 Å². The van der Waals surface area contributed by atoms with E-state index < -0.39 is 0 Å². The molecule has 0 fully saturated rings. The second kappa shape index (κ2) is 17.3. The number of thioether (sulfide) groups is 1. The van der Waals surface area contributed by atoms with Crippen molar-refractivity contribution in [3.63, 3.8) is 0 Å². The van der Waals surface area contributed by atoms with Gasteiger partial charge in [-0.1, -0.05) is 123 Å². The van der Waals surface area contributed by atoms with Crippen LogP contribution in [-0.2, 0) is 5.41 Å². The Morgan fingerprint density at radius 3 is 1.71 bits per heavy atom. The fraction of sp³-hybridized carbons (Fsp3) is 0.129. The molecule has 8 aromatic rings. The lowest BCUT2D eigenvalue weighted by Gasteiger charge is -2.46. The van der Waals surface area contributed by atoms with Gasteiger partial charge in [0.25, 0.3) is 0 Å². The Labute approximate surface area is 409 Å². The molecule has 0 saturated carbocycles. The largest absolute Gasteiger partial charge is 0.332 e. The van der Waals surface area contributed by atoms with Crippen molar-refractivity contribution >= 4 is 51.6 Å². The lowest BCUT2D eigenvalue weighted by Crippen LogP contribution is -2.40. The molecule has 12 rings (SSSR count). The van der Waals surface area contributed by atoms with Crippen LogP contribution in [0.1, 0.15) is 30.5 Å². The van der Waals surface area contributed by atoms with E-state index in [0.717, 1.165) is 50.8 Å². The van der Waals surface area contributed by atoms with E-state index in [-0.39, 0.29) is 17.4 Å². The van der Waals surface area contributed by atoms with Gasteiger partial charge in [0.05, 0.1) is 28.4 Å². The fourth-order valence-corrected chi connectivity index (χ4v) is 11.7. The second-order valence-corrected chi connectivity index (χ2v) is 19.9. The van der Waals surface area contributed by atoms with Crippen LogP contribution in [0.2, 0.25) is 0 Å². The molecule has 6 nitrogen and oxygen atoms in total. The maximum atomic E-state index is 5.24. The molecule has 0 N–H and O–H groups in total. The van der Waals surface area contributed by atoms with Gasteiger partial charge in [-0.05, 0) is 140 Å². The zero-order valence-corrected chi connectivity index (χ0v) is 39.8. The molecule has 0 spiro atoms. The summed E-state index contributed by atoms with van der Waals surface area (Å²) in [7, 11) is 0. The predicted octanol–water partition coefficient (Wildman–Crippen LogP) is 15.7. The number of para-hydroxylation sites is 4. The van der Waals surface area contributed by atoms with Gasteiger partial charge in [0.2, 0.25) is 0 Å². The number of aryl methyl sites for hydroxylation is 2. The number of anilines is 7. The number of aromatic nitrogens is 3. The van der Waals surface area contributed by atoms with Crippen molar-refractivity contribution in [2.45, 2.75) is 49.3 Å². The van der Waals surface area contributed by atoms with Crippen LogP contribution in [0.15, 0.2) is 229 Å². The van der Waals surface area contributed by atoms with Gasteiger partial charge < -0.3 is 14.7 Å². The quantitative estimate of drug-likeness (QED) is 0.141. The van der Waals surface area contributed by atoms with Crippen molar-refractivity contribution < 1.29 is 0 Å². The molecular weight excluding hydrogens is 861 g/mol. The summed E-state index contributed by atoms with van der Waals surface area (Å²) in [6.45, 7) is 9.00. The lowest BCUT2D eigenvalue weighted by molar-refractivity contribution is 0.410. The molecule has 0 amide bonds. The molecule has 3 unspecified atom stereocenters. The van der Waals surface area contributed by atoms with Gasteiger partial charge in [0.1, 0.15) is 0 Å². The highest BCUT2D eigenvalue weighted by molar-refractivity contribution is 8.00. The van der Waals surface area contributed by atoms with Crippen molar-refractivity contribution in [2.24, 2.45) is 5.92 Å². The van der Waals surface area contributed by atoms with E-state index in [4.69, 9.17) is 15.0 Å². The van der Waals surface area contributed by atoms with Gasteiger partial charge in [-0.15, -0.1) is 11.8 Å². The number of allylic oxidation sites excluding steroid dienone is 4. The van der Waals surface area contributed by atoms with Crippen LogP contribution in [0.25, 0.3) is 34.2 Å². The molecule has 2 aliphatic carbocycles. The van der Waals surface area contributed by atoms with Crippen LogP contribution < -0.4 is 14.7 Å². The minimum atomic E-state index is -0.0858. The topological polar surface area (TPSA) is 48.4 Å². The first-order valence-corrected chi connectivity index (χ1v) is 24.6. The first-order chi connectivity index (χ1) is 33.8. The standard InChI is InChI=1S/C62H50N6S/c1-41-17-5-9-21-51(41)66(52-22-10-6-18-42(52)2)46-35-29-43(30-36-46)59-63-60(44-31-37-47(38-32-44)67-53-23-11-7-19-49(53)62(3,4)50-20-8-12-24-54(50)67)65-61(64-59)45-33-39-48(40-34-45)68-55-25-13-15-27-57(55)69-58-28-16-14-26-56(58)68/h5-23,25-40,50,55,57H,1-4H3. The Morgan fingerprint density at radius 1 is 0.536 bits per heavy atom. The molecule has 2 aliphatic heterocycles. The maximum absolute atomic E-state index is 5.24. The van der Waals surface area contributed by atoms with E-state index in [1.807, 2.05) is 17.8 Å². The SMILES string of the molecule is Cc1ccccc1N(c1ccc(-c2nc(-c3ccc(N4C5=C=CC=CC5C(C)(C)c5ccccc54)cc3)nc(-c3ccc(N4c5ccccc5SC5C=CC=CC54)cc3)n2)cc1)c1ccccc1C. The average molecular weight is 911 g/mol. The van der Waals surface area contributed by atoms with Crippen molar-refractivity contribution in [3.8, 4) is 34.2 Å². The van der Waals surface area contributed by atoms with E-state index in [9.17, 15) is 0 Å². The van der Waals surface area contributed by atoms with Gasteiger partial charge in [-0.3, -0.25) is 0 Å². The number of hydrogen-bond donors (Lipinski definition) is 0. The molecule has 0 saturated heterocycles. The molecule has 7 aromatic carbocycles. The Hall–Kier alpha value is -7.96. The first-order valence-electron chi connectivity index (χ1n) is 23.7. The highest BCUT2D eigenvalue weighted by Crippen LogP contribution is 2.52. The minimum absolute atomic E-state index is 0.0858. The van der Waals surface area contributed by atoms with E-state index in [2.05, 4.69) is 254 Å². The van der Waals surface area contributed by atoms with E-state index in [1.165, 1.54) is 33.0 Å². The Morgan fingerprint density at radius 2 is 1.07 bits per heavy atom. The van der Waals surface area contributed by atoms with Crippen LogP contribution in [-0.4, -0.2) is 26.2 Å². The van der Waals surface area contributed by atoms with Crippen LogP contribution in [0.4, 0.5) is 39.8 Å². The molecule has 1 aromatic heterocycles. The van der Waals surface area contributed by atoms with Crippen molar-refractivity contribution in [1.82, 2.24) is 15.0 Å². The summed E-state index contributed by atoms with van der Waals surface area (Å²) < 4.78 is 0. The number of rotatable bonds is 8. The molecule has 0 radical (unpaired) electrons. The second-order valence-electron chi connectivity index (χ2n) is 18.7. The third kappa shape index (κ3) is 7.52. The molecule has 3 heterocycles. The molecular formula is C62H50N6S. The number of hydrogen-bond acceptors (Lipinski definition) is 7. The summed E-state index contributed by atoms with van der Waals surface area (Å²) in [5.41, 5.74) is 19.0. The van der Waals surface area contributed by atoms with E-state index >= 15 is 0 Å². The number of benzene rings is 7. The van der Waals surface area contributed by atoms with E-state index in [0.29, 0.717) is 22.7 Å². The van der Waals surface area contributed by atoms with Gasteiger partial charge in [-0.2, -0.15) is 0 Å². The molecule has 0 bridgehead atoms. The van der Waals surface area contributed by atoms with Crippen LogP contribution in [0.5, 0.6) is 0 Å². The third-order valence-corrected chi connectivity index (χ3v) is 15.4.